The van der Waals surface area contributed by atoms with Gasteiger partial charge in [0.25, 0.3) is 0 Å². The lowest BCUT2D eigenvalue weighted by molar-refractivity contribution is 0.0535. The van der Waals surface area contributed by atoms with E-state index in [-0.39, 0.29) is 29.7 Å². The molecular weight excluding hydrogens is 324 g/mol. The van der Waals surface area contributed by atoms with Crippen LogP contribution >= 0.6 is 15.9 Å². The number of ketones is 1. The molecule has 0 radical (unpaired) electrons. The van der Waals surface area contributed by atoms with Crippen LogP contribution in [-0.4, -0.2) is 40.6 Å². The zero-order valence-electron chi connectivity index (χ0n) is 12.0. The monoisotopic (exact) mass is 344 g/mol. The number of rotatable bonds is 6. The summed E-state index contributed by atoms with van der Waals surface area (Å²) in [6.45, 7) is 5.80. The first-order valence-electron chi connectivity index (χ1n) is 6.44. The van der Waals surface area contributed by atoms with Crippen molar-refractivity contribution in [1.29, 1.82) is 0 Å². The van der Waals surface area contributed by atoms with E-state index in [0.717, 1.165) is 5.56 Å². The molecule has 1 atom stereocenters. The number of Topliss-reactive ketones (excluding diaryl/α,β-unsaturated/α-hetero) is 1. The number of alkyl halides is 1. The van der Waals surface area contributed by atoms with Crippen LogP contribution in [0.4, 0.5) is 0 Å². The summed E-state index contributed by atoms with van der Waals surface area (Å²) in [5.74, 6) is 0.498. The van der Waals surface area contributed by atoms with Gasteiger partial charge in [0.15, 0.2) is 5.78 Å². The SMILES string of the molecule is CC(C)(C)c1cc(OCC(O)CO)cc(C(=O)CBr)c1. The van der Waals surface area contributed by atoms with E-state index in [1.807, 2.05) is 12.1 Å². The molecule has 5 heteroatoms. The first-order chi connectivity index (χ1) is 9.27. The summed E-state index contributed by atoms with van der Waals surface area (Å²) in [6, 6.07) is 5.37. The van der Waals surface area contributed by atoms with Crippen molar-refractivity contribution in [2.24, 2.45) is 0 Å². The largest absolute Gasteiger partial charge is 0.491 e. The maximum Gasteiger partial charge on any atom is 0.173 e. The summed E-state index contributed by atoms with van der Waals surface area (Å²) in [6.07, 6.45) is -0.927. The lowest BCUT2D eigenvalue weighted by atomic mass is 9.85. The third kappa shape index (κ3) is 4.89. The second-order valence-corrected chi connectivity index (χ2v) is 6.26. The Labute approximate surface area is 127 Å². The van der Waals surface area contributed by atoms with Crippen LogP contribution in [-0.2, 0) is 5.41 Å². The average molecular weight is 345 g/mol. The predicted octanol–water partition coefficient (Wildman–Crippen LogP) is 2.29. The van der Waals surface area contributed by atoms with E-state index < -0.39 is 6.10 Å². The normalized spacial score (nSPS) is 13.1. The van der Waals surface area contributed by atoms with Crippen molar-refractivity contribution in [3.63, 3.8) is 0 Å². The molecule has 0 saturated carbocycles. The minimum absolute atomic E-state index is 0.00790. The molecule has 112 valence electrons. The Bertz CT molecular complexity index is 465. The first-order valence-corrected chi connectivity index (χ1v) is 7.56. The van der Waals surface area contributed by atoms with E-state index in [0.29, 0.717) is 11.3 Å². The van der Waals surface area contributed by atoms with Gasteiger partial charge in [-0.05, 0) is 29.2 Å². The van der Waals surface area contributed by atoms with Gasteiger partial charge in [0.2, 0.25) is 0 Å². The highest BCUT2D eigenvalue weighted by Crippen LogP contribution is 2.28. The van der Waals surface area contributed by atoms with Gasteiger partial charge in [-0.3, -0.25) is 4.79 Å². The van der Waals surface area contributed by atoms with Gasteiger partial charge in [-0.25, -0.2) is 0 Å². The van der Waals surface area contributed by atoms with Gasteiger partial charge in [-0.15, -0.1) is 0 Å². The number of aliphatic hydroxyl groups excluding tert-OH is 2. The maximum atomic E-state index is 11.8. The Balaban J connectivity index is 3.07. The summed E-state index contributed by atoms with van der Waals surface area (Å²) in [4.78, 5) is 11.8. The van der Waals surface area contributed by atoms with E-state index in [1.54, 1.807) is 6.07 Å². The maximum absolute atomic E-state index is 11.8. The van der Waals surface area contributed by atoms with E-state index >= 15 is 0 Å². The lowest BCUT2D eigenvalue weighted by Gasteiger charge is -2.21. The topological polar surface area (TPSA) is 66.8 Å². The molecule has 1 aromatic rings. The highest BCUT2D eigenvalue weighted by atomic mass is 79.9. The van der Waals surface area contributed by atoms with Crippen LogP contribution < -0.4 is 4.74 Å². The summed E-state index contributed by atoms with van der Waals surface area (Å²) in [5, 5.41) is 18.4. The number of benzene rings is 1. The van der Waals surface area contributed by atoms with Gasteiger partial charge in [0.05, 0.1) is 11.9 Å². The smallest absolute Gasteiger partial charge is 0.173 e. The van der Waals surface area contributed by atoms with Gasteiger partial charge < -0.3 is 14.9 Å². The Kier molecular flexibility index (Phi) is 6.17. The Morgan fingerprint density at radius 2 is 2.00 bits per heavy atom. The molecule has 2 N–H and O–H groups in total. The quantitative estimate of drug-likeness (QED) is 0.613. The van der Waals surface area contributed by atoms with Crippen LogP contribution in [0.1, 0.15) is 36.7 Å². The third-order valence-electron chi connectivity index (χ3n) is 2.87. The highest BCUT2D eigenvalue weighted by molar-refractivity contribution is 9.09. The molecule has 0 heterocycles. The van der Waals surface area contributed by atoms with Crippen LogP contribution in [0, 0.1) is 0 Å². The minimum Gasteiger partial charge on any atom is -0.491 e. The minimum atomic E-state index is -0.927. The number of halogens is 1. The fourth-order valence-corrected chi connectivity index (χ4v) is 1.92. The number of carbonyl (C=O) groups excluding carboxylic acids is 1. The molecule has 0 bridgehead atoms. The molecule has 0 aliphatic rings. The number of carbonyl (C=O) groups is 1. The molecule has 4 nitrogen and oxygen atoms in total. The van der Waals surface area contributed by atoms with Crippen molar-refractivity contribution in [1.82, 2.24) is 0 Å². The molecule has 0 saturated heterocycles. The standard InChI is InChI=1S/C15H21BrO4/c1-15(2,3)11-4-10(14(19)7-16)5-13(6-11)20-9-12(18)8-17/h4-6,12,17-18H,7-9H2,1-3H3. The molecule has 0 aliphatic carbocycles. The zero-order valence-corrected chi connectivity index (χ0v) is 13.6. The number of aliphatic hydroxyl groups is 2. The first kappa shape index (κ1) is 17.1. The Hall–Kier alpha value is -0.910. The molecular formula is C15H21BrO4. The Morgan fingerprint density at radius 3 is 2.50 bits per heavy atom. The zero-order chi connectivity index (χ0) is 15.3. The van der Waals surface area contributed by atoms with Crippen LogP contribution in [0.3, 0.4) is 0 Å². The van der Waals surface area contributed by atoms with Crippen molar-refractivity contribution >= 4 is 21.7 Å². The molecule has 0 amide bonds. The van der Waals surface area contributed by atoms with Crippen molar-refractivity contribution in [3.8, 4) is 5.75 Å². The van der Waals surface area contributed by atoms with Crippen LogP contribution in [0.15, 0.2) is 18.2 Å². The number of ether oxygens (including phenoxy) is 1. The third-order valence-corrected chi connectivity index (χ3v) is 3.38. The fourth-order valence-electron chi connectivity index (χ4n) is 1.60. The molecule has 0 aromatic heterocycles. The second-order valence-electron chi connectivity index (χ2n) is 5.70. The molecule has 0 spiro atoms. The average Bonchev–Trinajstić information content (AvgIpc) is 2.42. The van der Waals surface area contributed by atoms with Gasteiger partial charge in [-0.2, -0.15) is 0 Å². The fraction of sp³-hybridized carbons (Fsp3) is 0.533. The Morgan fingerprint density at radius 1 is 1.35 bits per heavy atom. The van der Waals surface area contributed by atoms with Crippen LogP contribution in [0.5, 0.6) is 5.75 Å². The predicted molar refractivity (Wildman–Crippen MR) is 81.9 cm³/mol. The van der Waals surface area contributed by atoms with Gasteiger partial charge >= 0.3 is 0 Å². The number of hydrogen-bond donors (Lipinski definition) is 2. The summed E-state index contributed by atoms with van der Waals surface area (Å²) in [7, 11) is 0. The summed E-state index contributed by atoms with van der Waals surface area (Å²) in [5.41, 5.74) is 1.44. The van der Waals surface area contributed by atoms with Crippen LogP contribution in [0.25, 0.3) is 0 Å². The van der Waals surface area contributed by atoms with Crippen molar-refractivity contribution < 1.29 is 19.7 Å². The van der Waals surface area contributed by atoms with Gasteiger partial charge in [0.1, 0.15) is 18.5 Å². The number of hydrogen-bond acceptors (Lipinski definition) is 4. The summed E-state index contributed by atoms with van der Waals surface area (Å²) >= 11 is 3.16. The van der Waals surface area contributed by atoms with E-state index in [9.17, 15) is 9.90 Å². The highest BCUT2D eigenvalue weighted by Gasteiger charge is 2.18. The molecule has 1 aromatic carbocycles. The second kappa shape index (κ2) is 7.20. The van der Waals surface area contributed by atoms with Crippen molar-refractivity contribution in [2.45, 2.75) is 32.3 Å². The van der Waals surface area contributed by atoms with Crippen molar-refractivity contribution in [2.75, 3.05) is 18.5 Å². The van der Waals surface area contributed by atoms with Crippen LogP contribution in [0.2, 0.25) is 0 Å². The molecule has 0 aliphatic heterocycles. The molecule has 1 unspecified atom stereocenters. The summed E-state index contributed by atoms with van der Waals surface area (Å²) < 4.78 is 5.45. The van der Waals surface area contributed by atoms with Gasteiger partial charge in [0, 0.05) is 5.56 Å². The van der Waals surface area contributed by atoms with Crippen molar-refractivity contribution in [3.05, 3.63) is 29.3 Å². The van der Waals surface area contributed by atoms with E-state index in [4.69, 9.17) is 9.84 Å². The van der Waals surface area contributed by atoms with E-state index in [1.165, 1.54) is 0 Å². The lowest BCUT2D eigenvalue weighted by Crippen LogP contribution is -2.21. The van der Waals surface area contributed by atoms with E-state index in [2.05, 4.69) is 36.7 Å². The molecule has 0 fully saturated rings. The van der Waals surface area contributed by atoms with Gasteiger partial charge in [-0.1, -0.05) is 36.7 Å². The molecule has 20 heavy (non-hydrogen) atoms. The molecule has 1 rings (SSSR count).